The maximum atomic E-state index is 6.13. The molecule has 5 heteroatoms. The van der Waals surface area contributed by atoms with Crippen LogP contribution >= 0.6 is 11.8 Å². The molecule has 0 amide bonds. The van der Waals surface area contributed by atoms with Crippen molar-refractivity contribution >= 4 is 33.7 Å². The standard InChI is InChI=1S/C46H29N3OS/c1-4-14-30(15-5-1)43-47-44(31-25-27-40-36(28-31)35-20-10-12-22-39(35)50-40)49-45(48-43)32-24-26-38-42(29-32)51-41-23-13-11-21-37(41)46(38,33-16-6-2-7-17-33)34-18-8-3-9-19-34/h1-29H. The molecule has 0 atom stereocenters. The zero-order valence-electron chi connectivity index (χ0n) is 27.4. The van der Waals surface area contributed by atoms with Gasteiger partial charge < -0.3 is 4.42 Å². The molecule has 2 aromatic heterocycles. The SMILES string of the molecule is c1ccc(-c2nc(-c3ccc4c(c3)Sc3ccccc3C4(c3ccccc3)c3ccccc3)nc(-c3ccc4oc5ccccc5c4c3)n2)cc1. The van der Waals surface area contributed by atoms with Crippen molar-refractivity contribution in [3.8, 4) is 34.2 Å². The van der Waals surface area contributed by atoms with Crippen molar-refractivity contribution < 1.29 is 4.42 Å². The molecule has 3 heterocycles. The summed E-state index contributed by atoms with van der Waals surface area (Å²) in [5.74, 6) is 1.87. The minimum atomic E-state index is -0.500. The number of aromatic nitrogens is 3. The molecule has 0 aliphatic carbocycles. The first kappa shape index (κ1) is 29.6. The van der Waals surface area contributed by atoms with Gasteiger partial charge in [0.05, 0.1) is 5.41 Å². The van der Waals surface area contributed by atoms with Crippen molar-refractivity contribution in [2.45, 2.75) is 15.2 Å². The number of fused-ring (bicyclic) bond motifs is 5. The van der Waals surface area contributed by atoms with E-state index in [1.807, 2.05) is 60.7 Å². The molecule has 7 aromatic carbocycles. The summed E-state index contributed by atoms with van der Waals surface area (Å²) >= 11 is 1.81. The number of hydrogen-bond acceptors (Lipinski definition) is 5. The fourth-order valence-electron chi connectivity index (χ4n) is 7.57. The zero-order valence-corrected chi connectivity index (χ0v) is 28.2. The van der Waals surface area contributed by atoms with E-state index in [1.54, 1.807) is 11.8 Å². The summed E-state index contributed by atoms with van der Waals surface area (Å²) < 4.78 is 6.13. The lowest BCUT2D eigenvalue weighted by Crippen LogP contribution is -2.34. The molecule has 0 fully saturated rings. The number of hydrogen-bond donors (Lipinski definition) is 0. The van der Waals surface area contributed by atoms with E-state index in [9.17, 15) is 0 Å². The Balaban J connectivity index is 1.19. The highest BCUT2D eigenvalue weighted by atomic mass is 32.2. The monoisotopic (exact) mass is 671 g/mol. The highest BCUT2D eigenvalue weighted by molar-refractivity contribution is 7.99. The number of furan rings is 1. The average Bonchev–Trinajstić information content (AvgIpc) is 3.58. The Bertz CT molecular complexity index is 2690. The molecule has 0 unspecified atom stereocenters. The first-order valence-electron chi connectivity index (χ1n) is 17.0. The van der Waals surface area contributed by atoms with Gasteiger partial charge in [0.1, 0.15) is 11.2 Å². The number of benzene rings is 7. The summed E-state index contributed by atoms with van der Waals surface area (Å²) in [7, 11) is 0. The van der Waals surface area contributed by atoms with E-state index in [2.05, 4.69) is 115 Å². The third kappa shape index (κ3) is 4.81. The number of rotatable bonds is 5. The number of nitrogens with zero attached hydrogens (tertiary/aromatic N) is 3. The summed E-state index contributed by atoms with van der Waals surface area (Å²) in [4.78, 5) is 17.7. The molecular weight excluding hydrogens is 643 g/mol. The van der Waals surface area contributed by atoms with Gasteiger partial charge in [0.2, 0.25) is 0 Å². The Morgan fingerprint density at radius 3 is 1.65 bits per heavy atom. The molecule has 9 aromatic rings. The topological polar surface area (TPSA) is 51.8 Å². The molecular formula is C46H29N3OS. The van der Waals surface area contributed by atoms with Gasteiger partial charge in [0.15, 0.2) is 17.5 Å². The molecule has 0 bridgehead atoms. The fraction of sp³-hybridized carbons (Fsp3) is 0.0217. The van der Waals surface area contributed by atoms with Crippen LogP contribution < -0.4 is 0 Å². The predicted molar refractivity (Wildman–Crippen MR) is 206 cm³/mol. The molecule has 0 saturated heterocycles. The van der Waals surface area contributed by atoms with Gasteiger partial charge >= 0.3 is 0 Å². The minimum Gasteiger partial charge on any atom is -0.456 e. The Kier molecular flexibility index (Phi) is 6.93. The van der Waals surface area contributed by atoms with Crippen LogP contribution in [0.1, 0.15) is 22.3 Å². The van der Waals surface area contributed by atoms with E-state index < -0.39 is 5.41 Å². The molecule has 0 N–H and O–H groups in total. The Labute approximate surface area is 299 Å². The summed E-state index contributed by atoms with van der Waals surface area (Å²) in [5, 5.41) is 2.10. The molecule has 4 nitrogen and oxygen atoms in total. The van der Waals surface area contributed by atoms with Crippen LogP contribution in [0, 0.1) is 0 Å². The summed E-state index contributed by atoms with van der Waals surface area (Å²) in [5.41, 5.74) is 8.96. The van der Waals surface area contributed by atoms with Crippen molar-refractivity contribution in [1.29, 1.82) is 0 Å². The lowest BCUT2D eigenvalue weighted by molar-refractivity contribution is 0.669. The molecule has 240 valence electrons. The molecule has 1 aliphatic heterocycles. The largest absolute Gasteiger partial charge is 0.456 e. The lowest BCUT2D eigenvalue weighted by atomic mass is 9.64. The maximum Gasteiger partial charge on any atom is 0.164 e. The summed E-state index contributed by atoms with van der Waals surface area (Å²) in [6.45, 7) is 0. The Morgan fingerprint density at radius 2 is 0.922 bits per heavy atom. The molecule has 0 saturated carbocycles. The Hall–Kier alpha value is -6.30. The van der Waals surface area contributed by atoms with Crippen molar-refractivity contribution in [1.82, 2.24) is 15.0 Å². The van der Waals surface area contributed by atoms with Crippen LogP contribution in [0.25, 0.3) is 56.1 Å². The van der Waals surface area contributed by atoms with Crippen molar-refractivity contribution in [2.75, 3.05) is 0 Å². The van der Waals surface area contributed by atoms with Crippen LogP contribution in [-0.2, 0) is 5.41 Å². The number of para-hydroxylation sites is 1. The maximum absolute atomic E-state index is 6.13. The van der Waals surface area contributed by atoms with Gasteiger partial charge in [-0.1, -0.05) is 151 Å². The fourth-order valence-corrected chi connectivity index (χ4v) is 8.80. The lowest BCUT2D eigenvalue weighted by Gasteiger charge is -2.42. The first-order valence-corrected chi connectivity index (χ1v) is 17.8. The third-order valence-electron chi connectivity index (χ3n) is 9.87. The highest BCUT2D eigenvalue weighted by Gasteiger charge is 2.44. The second kappa shape index (κ2) is 11.9. The van der Waals surface area contributed by atoms with E-state index in [-0.39, 0.29) is 0 Å². The second-order valence-corrected chi connectivity index (χ2v) is 13.9. The van der Waals surface area contributed by atoms with E-state index in [0.717, 1.165) is 38.6 Å². The second-order valence-electron chi connectivity index (χ2n) is 12.8. The quantitative estimate of drug-likeness (QED) is 0.182. The molecule has 10 rings (SSSR count). The van der Waals surface area contributed by atoms with Crippen LogP contribution in [0.3, 0.4) is 0 Å². The molecule has 0 radical (unpaired) electrons. The van der Waals surface area contributed by atoms with Gasteiger partial charge in [0.25, 0.3) is 0 Å². The van der Waals surface area contributed by atoms with Gasteiger partial charge in [-0.05, 0) is 58.7 Å². The van der Waals surface area contributed by atoms with Crippen LogP contribution in [0.4, 0.5) is 0 Å². The summed E-state index contributed by atoms with van der Waals surface area (Å²) in [6, 6.07) is 61.7. The van der Waals surface area contributed by atoms with Gasteiger partial charge in [-0.25, -0.2) is 15.0 Å². The van der Waals surface area contributed by atoms with E-state index in [0.29, 0.717) is 17.5 Å². The highest BCUT2D eigenvalue weighted by Crippen LogP contribution is 2.56. The van der Waals surface area contributed by atoms with Crippen molar-refractivity contribution in [2.24, 2.45) is 0 Å². The van der Waals surface area contributed by atoms with Gasteiger partial charge in [-0.15, -0.1) is 0 Å². The van der Waals surface area contributed by atoms with Crippen molar-refractivity contribution in [3.63, 3.8) is 0 Å². The van der Waals surface area contributed by atoms with E-state index in [4.69, 9.17) is 19.4 Å². The van der Waals surface area contributed by atoms with E-state index in [1.165, 1.54) is 32.0 Å². The van der Waals surface area contributed by atoms with E-state index >= 15 is 0 Å². The molecule has 1 aliphatic rings. The molecule has 0 spiro atoms. The predicted octanol–water partition coefficient (Wildman–Crippen LogP) is 11.6. The first-order chi connectivity index (χ1) is 25.3. The third-order valence-corrected chi connectivity index (χ3v) is 11.0. The van der Waals surface area contributed by atoms with Gasteiger partial charge in [-0.3, -0.25) is 0 Å². The minimum absolute atomic E-state index is 0.500. The normalized spacial score (nSPS) is 13.2. The Morgan fingerprint density at radius 1 is 0.392 bits per heavy atom. The summed E-state index contributed by atoms with van der Waals surface area (Å²) in [6.07, 6.45) is 0. The van der Waals surface area contributed by atoms with Crippen LogP contribution in [0.2, 0.25) is 0 Å². The van der Waals surface area contributed by atoms with Crippen molar-refractivity contribution in [3.05, 3.63) is 198 Å². The van der Waals surface area contributed by atoms with Crippen LogP contribution in [0.5, 0.6) is 0 Å². The van der Waals surface area contributed by atoms with Crippen LogP contribution in [-0.4, -0.2) is 15.0 Å². The van der Waals surface area contributed by atoms with Crippen LogP contribution in [0.15, 0.2) is 190 Å². The van der Waals surface area contributed by atoms with Gasteiger partial charge in [0, 0.05) is 37.3 Å². The average molecular weight is 672 g/mol. The zero-order chi connectivity index (χ0) is 33.8. The molecule has 51 heavy (non-hydrogen) atoms. The smallest absolute Gasteiger partial charge is 0.164 e. The van der Waals surface area contributed by atoms with Gasteiger partial charge in [-0.2, -0.15) is 0 Å².